The minimum absolute atomic E-state index is 0.145. The molecule has 1 N–H and O–H groups in total. The van der Waals surface area contributed by atoms with Gasteiger partial charge >= 0.3 is 0 Å². The van der Waals surface area contributed by atoms with Crippen molar-refractivity contribution in [1.29, 1.82) is 0 Å². The first-order valence-electron chi connectivity index (χ1n) is 8.62. The van der Waals surface area contributed by atoms with E-state index in [9.17, 15) is 18.4 Å². The molecular weight excluding hydrogens is 352 g/mol. The van der Waals surface area contributed by atoms with Crippen LogP contribution in [0.1, 0.15) is 19.8 Å². The second-order valence-electron chi connectivity index (χ2n) is 6.27. The molecule has 1 aliphatic rings. The predicted octanol–water partition coefficient (Wildman–Crippen LogP) is 2.74. The number of sulfonamides is 1. The Bertz CT molecular complexity index is 866. The third-order valence-electron chi connectivity index (χ3n) is 4.51. The lowest BCUT2D eigenvalue weighted by Gasteiger charge is -2.26. The van der Waals surface area contributed by atoms with Gasteiger partial charge in [-0.2, -0.15) is 4.31 Å². The van der Waals surface area contributed by atoms with Gasteiger partial charge in [0.25, 0.3) is 5.91 Å². The maximum Gasteiger partial charge on any atom is 0.264 e. The topological polar surface area (TPSA) is 77.9 Å². The second kappa shape index (κ2) is 7.57. The van der Waals surface area contributed by atoms with Crippen molar-refractivity contribution in [2.45, 2.75) is 30.7 Å². The predicted molar refractivity (Wildman–Crippen MR) is 98.0 cm³/mol. The average Bonchev–Trinajstić information content (AvgIpc) is 2.99. The van der Waals surface area contributed by atoms with Crippen LogP contribution in [0, 0.1) is 0 Å². The molecule has 1 atom stereocenters. The fourth-order valence-corrected chi connectivity index (χ4v) is 4.87. The third-order valence-corrected chi connectivity index (χ3v) is 6.44. The Morgan fingerprint density at radius 3 is 2.23 bits per heavy atom. The van der Waals surface area contributed by atoms with Crippen LogP contribution in [0.3, 0.4) is 0 Å². The summed E-state index contributed by atoms with van der Waals surface area (Å²) in [4.78, 5) is 12.3. The van der Waals surface area contributed by atoms with Crippen molar-refractivity contribution in [3.05, 3.63) is 54.6 Å². The lowest BCUT2D eigenvalue weighted by atomic mass is 10.1. The molecule has 1 unspecified atom stereocenters. The monoisotopic (exact) mass is 374 g/mol. The van der Waals surface area contributed by atoms with Gasteiger partial charge in [-0.1, -0.05) is 49.4 Å². The van der Waals surface area contributed by atoms with Crippen molar-refractivity contribution in [2.75, 3.05) is 13.1 Å². The Labute approximate surface area is 153 Å². The molecule has 7 heteroatoms. The molecule has 1 fully saturated rings. The van der Waals surface area contributed by atoms with E-state index < -0.39 is 22.0 Å². The SMILES string of the molecule is CCCN(C1CCN(O)C1=O)S(=O)(=O)c1ccc(-c2ccccc2)cc1. The molecule has 0 saturated carbocycles. The van der Waals surface area contributed by atoms with Crippen LogP contribution in [-0.4, -0.2) is 48.0 Å². The van der Waals surface area contributed by atoms with Crippen LogP contribution in [0.2, 0.25) is 0 Å². The average molecular weight is 374 g/mol. The Morgan fingerprint density at radius 2 is 1.69 bits per heavy atom. The van der Waals surface area contributed by atoms with Crippen LogP contribution in [0.4, 0.5) is 0 Å². The summed E-state index contributed by atoms with van der Waals surface area (Å²) in [5.41, 5.74) is 1.92. The highest BCUT2D eigenvalue weighted by atomic mass is 32.2. The summed E-state index contributed by atoms with van der Waals surface area (Å²) in [6, 6.07) is 15.5. The van der Waals surface area contributed by atoms with E-state index in [4.69, 9.17) is 0 Å². The number of benzene rings is 2. The van der Waals surface area contributed by atoms with Gasteiger partial charge in [-0.15, -0.1) is 0 Å². The fourth-order valence-electron chi connectivity index (χ4n) is 3.17. The maximum atomic E-state index is 13.1. The van der Waals surface area contributed by atoms with Crippen LogP contribution >= 0.6 is 0 Å². The molecule has 138 valence electrons. The molecule has 1 heterocycles. The van der Waals surface area contributed by atoms with Crippen LogP contribution in [0.25, 0.3) is 11.1 Å². The largest absolute Gasteiger partial charge is 0.286 e. The van der Waals surface area contributed by atoms with Gasteiger partial charge < -0.3 is 0 Å². The summed E-state index contributed by atoms with van der Waals surface area (Å²) in [5.74, 6) is -0.567. The van der Waals surface area contributed by atoms with Crippen LogP contribution in [-0.2, 0) is 14.8 Å². The minimum Gasteiger partial charge on any atom is -0.286 e. The molecule has 1 amide bonds. The summed E-state index contributed by atoms with van der Waals surface area (Å²) in [6.45, 7) is 2.23. The first-order valence-corrected chi connectivity index (χ1v) is 10.1. The number of nitrogens with zero attached hydrogens (tertiary/aromatic N) is 2. The number of amides is 1. The van der Waals surface area contributed by atoms with Crippen LogP contribution < -0.4 is 0 Å². The Kier molecular flexibility index (Phi) is 5.41. The van der Waals surface area contributed by atoms with E-state index in [0.717, 1.165) is 11.1 Å². The highest BCUT2D eigenvalue weighted by molar-refractivity contribution is 7.89. The number of hydrogen-bond donors (Lipinski definition) is 1. The molecule has 6 nitrogen and oxygen atoms in total. The van der Waals surface area contributed by atoms with E-state index in [0.29, 0.717) is 11.5 Å². The van der Waals surface area contributed by atoms with Gasteiger partial charge in [-0.3, -0.25) is 10.0 Å². The van der Waals surface area contributed by atoms with Crippen molar-refractivity contribution in [2.24, 2.45) is 0 Å². The van der Waals surface area contributed by atoms with Gasteiger partial charge in [0.1, 0.15) is 6.04 Å². The normalized spacial score (nSPS) is 17.9. The lowest BCUT2D eigenvalue weighted by Crippen LogP contribution is -2.45. The first kappa shape index (κ1) is 18.6. The van der Waals surface area contributed by atoms with Crippen molar-refractivity contribution in [3.63, 3.8) is 0 Å². The molecule has 1 aliphatic heterocycles. The number of hydroxylamine groups is 2. The van der Waals surface area contributed by atoms with Gasteiger partial charge in [0.15, 0.2) is 0 Å². The van der Waals surface area contributed by atoms with Gasteiger partial charge in [-0.05, 0) is 36.1 Å². The Balaban J connectivity index is 1.91. The third kappa shape index (κ3) is 3.51. The van der Waals surface area contributed by atoms with Gasteiger partial charge in [0, 0.05) is 6.54 Å². The Hall–Kier alpha value is -2.22. The number of rotatable bonds is 6. The zero-order valence-corrected chi connectivity index (χ0v) is 15.4. The van der Waals surface area contributed by atoms with E-state index in [1.54, 1.807) is 24.3 Å². The molecule has 0 radical (unpaired) electrons. The van der Waals surface area contributed by atoms with E-state index in [-0.39, 0.29) is 24.4 Å². The van der Waals surface area contributed by atoms with Crippen LogP contribution in [0.15, 0.2) is 59.5 Å². The number of carbonyl (C=O) groups excluding carboxylic acids is 1. The molecule has 26 heavy (non-hydrogen) atoms. The number of carbonyl (C=O) groups is 1. The molecule has 0 aliphatic carbocycles. The molecule has 0 aromatic heterocycles. The molecule has 1 saturated heterocycles. The molecule has 2 aromatic rings. The first-order chi connectivity index (χ1) is 12.4. The highest BCUT2D eigenvalue weighted by Gasteiger charge is 2.41. The van der Waals surface area contributed by atoms with Crippen molar-refractivity contribution in [1.82, 2.24) is 9.37 Å². The Morgan fingerprint density at radius 1 is 1.08 bits per heavy atom. The summed E-state index contributed by atoms with van der Waals surface area (Å²) in [6.07, 6.45) is 0.868. The van der Waals surface area contributed by atoms with E-state index in [1.165, 1.54) is 4.31 Å². The van der Waals surface area contributed by atoms with Crippen molar-refractivity contribution >= 4 is 15.9 Å². The summed E-state index contributed by atoms with van der Waals surface area (Å²) in [5, 5.41) is 10.1. The van der Waals surface area contributed by atoms with Crippen molar-refractivity contribution in [3.8, 4) is 11.1 Å². The van der Waals surface area contributed by atoms with Gasteiger partial charge in [0.2, 0.25) is 10.0 Å². The lowest BCUT2D eigenvalue weighted by molar-refractivity contribution is -0.159. The van der Waals surface area contributed by atoms with E-state index in [2.05, 4.69) is 0 Å². The summed E-state index contributed by atoms with van der Waals surface area (Å²) >= 11 is 0. The molecule has 3 rings (SSSR count). The second-order valence-corrected chi connectivity index (χ2v) is 8.16. The maximum absolute atomic E-state index is 13.1. The fraction of sp³-hybridized carbons (Fsp3) is 0.316. The number of hydrogen-bond acceptors (Lipinski definition) is 4. The van der Waals surface area contributed by atoms with Gasteiger partial charge in [0.05, 0.1) is 11.4 Å². The molecular formula is C19H22N2O4S. The summed E-state index contributed by atoms with van der Waals surface area (Å²) in [7, 11) is -3.83. The van der Waals surface area contributed by atoms with E-state index in [1.807, 2.05) is 37.3 Å². The highest BCUT2D eigenvalue weighted by Crippen LogP contribution is 2.26. The standard InChI is InChI=1S/C19H22N2O4S/c1-2-13-21(18-12-14-20(23)19(18)22)26(24,25)17-10-8-16(9-11-17)15-6-4-3-5-7-15/h3-11,18,23H,2,12-14H2,1H3. The molecule has 2 aromatic carbocycles. The van der Waals surface area contributed by atoms with Crippen LogP contribution in [0.5, 0.6) is 0 Å². The quantitative estimate of drug-likeness (QED) is 0.789. The van der Waals surface area contributed by atoms with E-state index >= 15 is 0 Å². The molecule has 0 spiro atoms. The summed E-state index contributed by atoms with van der Waals surface area (Å²) < 4.78 is 27.4. The minimum atomic E-state index is -3.83. The smallest absolute Gasteiger partial charge is 0.264 e. The molecule has 0 bridgehead atoms. The zero-order chi connectivity index (χ0) is 18.7. The van der Waals surface area contributed by atoms with Gasteiger partial charge in [-0.25, -0.2) is 13.5 Å². The van der Waals surface area contributed by atoms with Crippen molar-refractivity contribution < 1.29 is 18.4 Å². The zero-order valence-electron chi connectivity index (χ0n) is 14.6.